The lowest BCUT2D eigenvalue weighted by atomic mass is 9.74. The van der Waals surface area contributed by atoms with Crippen LogP contribution in [0.1, 0.15) is 94.9 Å². The maximum Gasteiger partial charge on any atom is 0.335 e. The van der Waals surface area contributed by atoms with Crippen molar-refractivity contribution in [3.63, 3.8) is 0 Å². The van der Waals surface area contributed by atoms with E-state index in [1.807, 2.05) is 25.9 Å². The minimum atomic E-state index is -2.39. The Morgan fingerprint density at radius 1 is 0.803 bits per heavy atom. The fraction of sp³-hybridized carbons (Fsp3) is 0.939. The summed E-state index contributed by atoms with van der Waals surface area (Å²) in [6.07, 6.45) is -26.6. The number of carbonyl (C=O) groups is 3. The zero-order valence-corrected chi connectivity index (χ0v) is 45.8. The number of carbonyl (C=O) groups excluding carboxylic acids is 2. The largest absolute Gasteiger partial charge is 0.479 e. The predicted molar refractivity (Wildman–Crippen MR) is 261 cm³/mol. The number of Topliss-reactive ketones (excluding diaryl/α,β-unsaturated/α-hetero) is 1. The first-order chi connectivity index (χ1) is 34.6. The van der Waals surface area contributed by atoms with E-state index in [4.69, 9.17) is 53.2 Å². The number of methoxy groups -OCH3 is 1. The molecule has 0 saturated carbocycles. The summed E-state index contributed by atoms with van der Waals surface area (Å²) in [7, 11) is 5.18. The van der Waals surface area contributed by atoms with Crippen LogP contribution in [0.2, 0.25) is 0 Å². The van der Waals surface area contributed by atoms with Crippen LogP contribution in [0.3, 0.4) is 0 Å². The zero-order valence-electron chi connectivity index (χ0n) is 45.8. The third-order valence-electron chi connectivity index (χ3n) is 15.4. The van der Waals surface area contributed by atoms with Gasteiger partial charge in [-0.15, -0.1) is 0 Å². The molecule has 0 aromatic rings. The molecular formula is C49H91NO26. The molecule has 4 aliphatic heterocycles. The molecule has 0 spiro atoms. The van der Waals surface area contributed by atoms with E-state index in [0.29, 0.717) is 6.42 Å². The quantitative estimate of drug-likeness (QED) is 0.0685. The van der Waals surface area contributed by atoms with Gasteiger partial charge in [0.15, 0.2) is 25.0 Å². The summed E-state index contributed by atoms with van der Waals surface area (Å²) in [5.41, 5.74) is -4.84. The molecule has 27 nitrogen and oxygen atoms in total. The average Bonchev–Trinajstić information content (AvgIpc) is 3.35. The first kappa shape index (κ1) is 69.8. The van der Waals surface area contributed by atoms with Gasteiger partial charge in [0.2, 0.25) is 0 Å². The van der Waals surface area contributed by atoms with Crippen molar-refractivity contribution in [2.75, 3.05) is 34.4 Å². The van der Waals surface area contributed by atoms with Crippen LogP contribution in [-0.2, 0) is 52.3 Å². The van der Waals surface area contributed by atoms with E-state index >= 15 is 0 Å². The number of nitrogens with zero attached hydrogens (tertiary/aromatic N) is 1. The number of hydrogen-bond donors (Lipinski definition) is 14. The highest BCUT2D eigenvalue weighted by atomic mass is 16.7. The van der Waals surface area contributed by atoms with Crippen LogP contribution in [0.5, 0.6) is 0 Å². The molecular weight excluding hydrogens is 1020 g/mol. The monoisotopic (exact) mass is 1110 g/mol. The highest BCUT2D eigenvalue weighted by Crippen LogP contribution is 2.41. The summed E-state index contributed by atoms with van der Waals surface area (Å²) < 4.78 is 47.0. The maximum absolute atomic E-state index is 14.1. The second-order valence-corrected chi connectivity index (χ2v) is 21.8. The molecule has 0 bridgehead atoms. The molecule has 0 unspecified atom stereocenters. The molecule has 0 aromatic heterocycles. The van der Waals surface area contributed by atoms with E-state index < -0.39 is 182 Å². The van der Waals surface area contributed by atoms with Crippen molar-refractivity contribution >= 4 is 17.7 Å². The van der Waals surface area contributed by atoms with E-state index in [1.54, 1.807) is 41.5 Å². The third kappa shape index (κ3) is 16.2. The molecule has 4 heterocycles. The summed E-state index contributed by atoms with van der Waals surface area (Å²) >= 11 is 0. The standard InChI is InChI=1S/C37H67NO13.C12H22O12.H2O/c1-14-25-37(10,45)30(41)20(4)27(39)18(2)16-35(8,44)32(51-34-28(40)24(38(11)12)15-19(3)47-34)21(5)29(22(6)33(43)49-25)50-26-17-36(9,46-13)31(42)23(7)48-26;13-1-3(15)10(7(18)8(19)11(21)22)24-12-9(20)6(17)5(16)4(2-14)23-12;/h18-26,28-32,34,40-42,44-45H,14-17H2,1-13H3;3-10,12-20H,1-2H2,(H,21,22);1H2/t18-,19-,20+,21+,22-,23+,24+,25-,26+,28-,29+,30-,31+,32-,34+,35-,36-,37-;3-,4-,5+,6+,7-,8-,9-,10-,12+;/m11./s1. The molecule has 4 fully saturated rings. The second-order valence-electron chi connectivity index (χ2n) is 21.8. The Hall–Kier alpha value is -2.27. The number of aliphatic hydroxyl groups is 13. The minimum Gasteiger partial charge on any atom is -0.479 e. The molecule has 16 N–H and O–H groups in total. The Bertz CT molecular complexity index is 1790. The van der Waals surface area contributed by atoms with E-state index in [1.165, 1.54) is 27.9 Å². The first-order valence-electron chi connectivity index (χ1n) is 25.5. The highest BCUT2D eigenvalue weighted by Gasteiger charge is 2.54. The van der Waals surface area contributed by atoms with Crippen LogP contribution in [0.15, 0.2) is 0 Å². The molecule has 0 aromatic carbocycles. The fourth-order valence-corrected chi connectivity index (χ4v) is 10.6. The Kier molecular flexibility index (Phi) is 26.6. The van der Waals surface area contributed by atoms with Gasteiger partial charge in [0.25, 0.3) is 0 Å². The Morgan fingerprint density at radius 3 is 1.91 bits per heavy atom. The van der Waals surface area contributed by atoms with Gasteiger partial charge >= 0.3 is 11.9 Å². The van der Waals surface area contributed by atoms with Gasteiger partial charge in [-0.05, 0) is 74.9 Å². The van der Waals surface area contributed by atoms with Gasteiger partial charge in [0, 0.05) is 37.3 Å². The summed E-state index contributed by atoms with van der Waals surface area (Å²) in [5, 5.41) is 142. The second kappa shape index (κ2) is 28.9. The predicted octanol–water partition coefficient (Wildman–Crippen LogP) is -4.71. The number of aliphatic carboxylic acids is 1. The molecule has 0 amide bonds. The molecule has 27 atom stereocenters. The molecule has 76 heavy (non-hydrogen) atoms. The Balaban J connectivity index is 0.000000663. The lowest BCUT2D eigenvalue weighted by Gasteiger charge is -2.49. The summed E-state index contributed by atoms with van der Waals surface area (Å²) in [4.78, 5) is 40.5. The fourth-order valence-electron chi connectivity index (χ4n) is 10.6. The Morgan fingerprint density at radius 2 is 1.39 bits per heavy atom. The smallest absolute Gasteiger partial charge is 0.335 e. The molecule has 0 radical (unpaired) electrons. The molecule has 4 aliphatic rings. The van der Waals surface area contributed by atoms with Crippen LogP contribution in [0.4, 0.5) is 0 Å². The number of rotatable bonds is 15. The number of ketones is 1. The summed E-state index contributed by atoms with van der Waals surface area (Å²) in [6.45, 7) is 14.6. The lowest BCUT2D eigenvalue weighted by Crippen LogP contribution is -2.61. The van der Waals surface area contributed by atoms with Crippen LogP contribution in [0.25, 0.3) is 0 Å². The summed E-state index contributed by atoms with van der Waals surface area (Å²) in [5.74, 6) is -6.81. The number of aliphatic hydroxyl groups excluding tert-OH is 11. The average molecular weight is 1110 g/mol. The van der Waals surface area contributed by atoms with Crippen LogP contribution < -0.4 is 0 Å². The van der Waals surface area contributed by atoms with Crippen molar-refractivity contribution in [2.24, 2.45) is 23.7 Å². The van der Waals surface area contributed by atoms with Crippen molar-refractivity contribution in [1.29, 1.82) is 0 Å². The minimum absolute atomic E-state index is 0. The number of esters is 1. The zero-order chi connectivity index (χ0) is 57.6. The van der Waals surface area contributed by atoms with Gasteiger partial charge in [-0.1, -0.05) is 27.7 Å². The van der Waals surface area contributed by atoms with Gasteiger partial charge < -0.3 is 120 Å². The number of hydrogen-bond acceptors (Lipinski definition) is 25. The van der Waals surface area contributed by atoms with Crippen LogP contribution in [-0.4, -0.2) is 273 Å². The number of carboxylic acid groups (broad SMARTS) is 1. The third-order valence-corrected chi connectivity index (χ3v) is 15.4. The van der Waals surface area contributed by atoms with Gasteiger partial charge in [0.1, 0.15) is 72.4 Å². The highest BCUT2D eigenvalue weighted by molar-refractivity contribution is 5.83. The van der Waals surface area contributed by atoms with E-state index in [0.717, 1.165) is 0 Å². The van der Waals surface area contributed by atoms with E-state index in [-0.39, 0.29) is 36.9 Å². The van der Waals surface area contributed by atoms with Gasteiger partial charge in [-0.3, -0.25) is 9.59 Å². The van der Waals surface area contributed by atoms with Crippen LogP contribution in [0, 0.1) is 23.7 Å². The van der Waals surface area contributed by atoms with Crippen LogP contribution >= 0.6 is 0 Å². The normalized spacial score (nSPS) is 44.7. The first-order valence-corrected chi connectivity index (χ1v) is 25.5. The van der Waals surface area contributed by atoms with Gasteiger partial charge in [-0.25, -0.2) is 4.79 Å². The maximum atomic E-state index is 14.1. The van der Waals surface area contributed by atoms with Crippen molar-refractivity contribution < 1.29 is 129 Å². The van der Waals surface area contributed by atoms with Crippen molar-refractivity contribution in [1.82, 2.24) is 4.90 Å². The van der Waals surface area contributed by atoms with E-state index in [2.05, 4.69) is 0 Å². The number of cyclic esters (lactones) is 1. The van der Waals surface area contributed by atoms with E-state index in [9.17, 15) is 70.6 Å². The SMILES string of the molecule is CC[C@H]1OC(=O)[C@H](C)[C@@H](O[C@H]2C[C@@](C)(OC)[C@@H](O)[C@H](C)O2)[C@H](C)[C@@H](O[C@@H]2O[C@H](C)C[C@H](N(C)C)[C@H]2O)[C@](C)(O)C[C@@H](C)C(=O)[C@H](C)[C@@H](O)[C@]1(C)O.O.O=C(O)[C@H](O)[C@@H](O)[C@H](O[C@@H]1O[C@H](CO)[C@H](O)[C@H](O)[C@H]1O)[C@H](O)CO. The van der Waals surface area contributed by atoms with Crippen molar-refractivity contribution in [2.45, 2.75) is 234 Å². The number of carboxylic acids is 1. The molecule has 27 heteroatoms. The van der Waals surface area contributed by atoms with Gasteiger partial charge in [0.05, 0.1) is 60.9 Å². The lowest BCUT2D eigenvalue weighted by molar-refractivity contribution is -0.326. The molecule has 4 saturated heterocycles. The topological polar surface area (TPSA) is 443 Å². The number of ether oxygens (including phenoxy) is 8. The van der Waals surface area contributed by atoms with Crippen molar-refractivity contribution in [3.05, 3.63) is 0 Å². The van der Waals surface area contributed by atoms with Gasteiger partial charge in [-0.2, -0.15) is 0 Å². The summed E-state index contributed by atoms with van der Waals surface area (Å²) in [6, 6.07) is -0.324. The molecule has 4 rings (SSSR count). The molecule has 448 valence electrons. The Labute approximate surface area is 443 Å². The number of likely N-dealkylation sites (N-methyl/N-ethyl adjacent to an activating group) is 1. The molecule has 0 aliphatic carbocycles. The van der Waals surface area contributed by atoms with Crippen molar-refractivity contribution in [3.8, 4) is 0 Å².